The lowest BCUT2D eigenvalue weighted by molar-refractivity contribution is -0.107. The van der Waals surface area contributed by atoms with Crippen molar-refractivity contribution in [3.63, 3.8) is 0 Å². The molecule has 6 N–H and O–H groups in total. The maximum atomic E-state index is 15.9. The molecule has 0 aliphatic carbocycles. The molecule has 6 rings (SSSR count). The van der Waals surface area contributed by atoms with Gasteiger partial charge in [0.1, 0.15) is 42.0 Å². The number of imidazole rings is 2. The molecule has 0 spiro atoms. The molecule has 6 heterocycles. The number of aromatic nitrogens is 8. The number of hydrogen-bond donors (Lipinski definition) is 6. The van der Waals surface area contributed by atoms with Crippen molar-refractivity contribution in [2.75, 3.05) is 24.7 Å². The van der Waals surface area contributed by atoms with Crippen molar-refractivity contribution in [3.05, 3.63) is 25.3 Å². The summed E-state index contributed by atoms with van der Waals surface area (Å²) in [7, 11) is 0. The van der Waals surface area contributed by atoms with Gasteiger partial charge >= 0.3 is 13.6 Å². The van der Waals surface area contributed by atoms with Gasteiger partial charge in [0.05, 0.1) is 31.5 Å². The highest BCUT2D eigenvalue weighted by atomic mass is 32.7. The van der Waals surface area contributed by atoms with Crippen LogP contribution in [0.3, 0.4) is 0 Å². The summed E-state index contributed by atoms with van der Waals surface area (Å²) in [6, 6.07) is 0. The number of nitrogen functional groups attached to an aromatic ring is 2. The Balaban J connectivity index is 1.21. The second-order valence-electron chi connectivity index (χ2n) is 10.6. The molecule has 4 aromatic rings. The van der Waals surface area contributed by atoms with E-state index in [0.717, 1.165) is 6.33 Å². The number of nitrogens with zero attached hydrogens (tertiary/aromatic N) is 8. The molecule has 9 atom stereocenters. The fourth-order valence-corrected chi connectivity index (χ4v) is 7.39. The number of rotatable bonds is 11. The van der Waals surface area contributed by atoms with E-state index in [1.165, 1.54) is 28.1 Å². The van der Waals surface area contributed by atoms with Crippen LogP contribution < -0.4 is 11.5 Å². The minimum absolute atomic E-state index is 0.0388. The van der Waals surface area contributed by atoms with Gasteiger partial charge in [-0.1, -0.05) is 31.4 Å². The van der Waals surface area contributed by atoms with Crippen molar-refractivity contribution in [2.24, 2.45) is 0 Å². The topological polar surface area (TPSA) is 260 Å². The van der Waals surface area contributed by atoms with Crippen LogP contribution in [0.15, 0.2) is 25.3 Å². The van der Waals surface area contributed by atoms with Gasteiger partial charge in [-0.3, -0.25) is 22.7 Å². The Hall–Kier alpha value is -2.49. The molecule has 2 fully saturated rings. The second-order valence-corrected chi connectivity index (χ2v) is 16.2. The molecule has 24 heteroatoms. The van der Waals surface area contributed by atoms with E-state index in [9.17, 15) is 19.1 Å². The largest absolute Gasteiger partial charge is 0.388 e. The van der Waals surface area contributed by atoms with Crippen molar-refractivity contribution in [2.45, 2.75) is 62.3 Å². The highest BCUT2D eigenvalue weighted by Crippen LogP contribution is 2.58. The van der Waals surface area contributed by atoms with E-state index in [1.54, 1.807) is 6.92 Å². The normalized spacial score (nSPS) is 31.0. The lowest BCUT2D eigenvalue weighted by atomic mass is 9.97. The predicted octanol–water partition coefficient (Wildman–Crippen LogP) is 1.98. The summed E-state index contributed by atoms with van der Waals surface area (Å²) in [5.41, 5.74) is 11.6. The van der Waals surface area contributed by atoms with E-state index in [-0.39, 0.29) is 35.8 Å². The van der Waals surface area contributed by atoms with E-state index in [1.807, 2.05) is 0 Å². The van der Waals surface area contributed by atoms with Gasteiger partial charge in [0.25, 0.3) is 0 Å². The van der Waals surface area contributed by atoms with E-state index in [0.29, 0.717) is 17.6 Å². The number of hydrogen-bond acceptors (Lipinski definition) is 16. The summed E-state index contributed by atoms with van der Waals surface area (Å²) in [6.45, 7) is -8.03. The Morgan fingerprint density at radius 2 is 1.61 bits per heavy atom. The number of aliphatic hydroxyl groups excluding tert-OH is 1. The van der Waals surface area contributed by atoms with Crippen LogP contribution in [0.5, 0.6) is 0 Å². The van der Waals surface area contributed by atoms with Gasteiger partial charge in [-0.05, 0) is 6.42 Å². The van der Waals surface area contributed by atoms with Crippen molar-refractivity contribution in [1.29, 1.82) is 0 Å². The summed E-state index contributed by atoms with van der Waals surface area (Å²) < 4.78 is 71.9. The second kappa shape index (κ2) is 12.5. The lowest BCUT2D eigenvalue weighted by Crippen LogP contribution is -2.34. The number of anilines is 2. The number of ether oxygens (including phenoxy) is 2. The van der Waals surface area contributed by atoms with Crippen LogP contribution in [0.2, 0.25) is 0 Å². The fourth-order valence-electron chi connectivity index (χ4n) is 5.36. The minimum Gasteiger partial charge on any atom is -0.388 e. The zero-order valence-corrected chi connectivity index (χ0v) is 27.3. The van der Waals surface area contributed by atoms with Crippen LogP contribution in [0.4, 0.5) is 16.0 Å². The SMILES string of the molecule is CC[C@@]1(CO[P@@](=O)(S)O[C@@H]2[C@@H](F)[C@@H](COP(=O)(O)S)O[C@H]2n2cnc3c(N)ncnc32)C[C@@H](O)[C@H](n2cnc3c(N)ncnc32)O1. The Morgan fingerprint density at radius 1 is 1.02 bits per heavy atom. The third kappa shape index (κ3) is 6.48. The van der Waals surface area contributed by atoms with Crippen molar-refractivity contribution >= 4 is 72.1 Å². The third-order valence-electron chi connectivity index (χ3n) is 7.66. The zero-order chi connectivity index (χ0) is 33.0. The molecule has 0 radical (unpaired) electrons. The number of thiol groups is 2. The number of fused-ring (bicyclic) bond motifs is 2. The summed E-state index contributed by atoms with van der Waals surface area (Å²) in [4.78, 5) is 33.9. The molecule has 46 heavy (non-hydrogen) atoms. The molecule has 250 valence electrons. The van der Waals surface area contributed by atoms with Gasteiger partial charge in [0.15, 0.2) is 41.6 Å². The lowest BCUT2D eigenvalue weighted by Gasteiger charge is -2.30. The summed E-state index contributed by atoms with van der Waals surface area (Å²) in [5, 5.41) is 11.0. The molecule has 4 aromatic heterocycles. The van der Waals surface area contributed by atoms with Gasteiger partial charge in [-0.25, -0.2) is 43.4 Å². The number of nitrogens with two attached hydrogens (primary N) is 2. The van der Waals surface area contributed by atoms with E-state index in [2.05, 4.69) is 54.4 Å². The molecule has 19 nitrogen and oxygen atoms in total. The third-order valence-corrected chi connectivity index (χ3v) is 10.1. The van der Waals surface area contributed by atoms with Crippen molar-refractivity contribution in [3.8, 4) is 0 Å². The Labute approximate surface area is 269 Å². The van der Waals surface area contributed by atoms with Crippen molar-refractivity contribution in [1.82, 2.24) is 39.0 Å². The molecule has 0 saturated carbocycles. The van der Waals surface area contributed by atoms with Crippen LogP contribution in [-0.4, -0.2) is 92.3 Å². The molecular weight excluding hydrogens is 693 g/mol. The molecule has 2 saturated heterocycles. The first-order valence-electron chi connectivity index (χ1n) is 13.6. The quantitative estimate of drug-likeness (QED) is 0.0955. The van der Waals surface area contributed by atoms with E-state index < -0.39 is 62.7 Å². The van der Waals surface area contributed by atoms with Gasteiger partial charge in [0.2, 0.25) is 0 Å². The smallest absolute Gasteiger partial charge is 0.386 e. The predicted molar refractivity (Wildman–Crippen MR) is 164 cm³/mol. The first-order valence-corrected chi connectivity index (χ1v) is 19.0. The summed E-state index contributed by atoms with van der Waals surface area (Å²) >= 11 is 7.54. The van der Waals surface area contributed by atoms with Crippen LogP contribution in [0.1, 0.15) is 32.2 Å². The maximum Gasteiger partial charge on any atom is 0.386 e. The monoisotopic (exact) mass is 722 g/mol. The molecule has 0 bridgehead atoms. The highest BCUT2D eigenvalue weighted by Gasteiger charge is 2.52. The number of halogens is 1. The van der Waals surface area contributed by atoms with Crippen LogP contribution in [0, 0.1) is 0 Å². The zero-order valence-electron chi connectivity index (χ0n) is 23.8. The Morgan fingerprint density at radius 3 is 2.17 bits per heavy atom. The van der Waals surface area contributed by atoms with Crippen molar-refractivity contribution < 1.29 is 46.6 Å². The average Bonchev–Trinajstić information content (AvgIpc) is 3.76. The minimum atomic E-state index is -4.41. The molecule has 2 aliphatic heterocycles. The first kappa shape index (κ1) is 33.4. The van der Waals surface area contributed by atoms with Gasteiger partial charge in [-0.15, -0.1) is 0 Å². The molecule has 1 unspecified atom stereocenters. The number of aliphatic hydroxyl groups is 1. The van der Waals surface area contributed by atoms with Gasteiger partial charge < -0.3 is 30.9 Å². The van der Waals surface area contributed by atoms with E-state index in [4.69, 9.17) is 34.5 Å². The molecule has 0 aromatic carbocycles. The highest BCUT2D eigenvalue weighted by molar-refractivity contribution is 8.44. The summed E-state index contributed by atoms with van der Waals surface area (Å²) in [5.74, 6) is 0.191. The fraction of sp³-hybridized carbons (Fsp3) is 0.545. The first-order chi connectivity index (χ1) is 21.7. The molecule has 0 amide bonds. The van der Waals surface area contributed by atoms with Crippen LogP contribution >= 0.6 is 38.1 Å². The molecular formula is C22H29FN10O9P2S2. The van der Waals surface area contributed by atoms with Gasteiger partial charge in [-0.2, -0.15) is 0 Å². The maximum absolute atomic E-state index is 15.9. The Bertz CT molecular complexity index is 1850. The number of alkyl halides is 1. The van der Waals surface area contributed by atoms with Crippen LogP contribution in [-0.2, 0) is 32.2 Å². The van der Waals surface area contributed by atoms with E-state index >= 15 is 4.39 Å². The Kier molecular flexibility index (Phi) is 9.09. The standard InChI is InChI=1S/C22H29FN10O9P2S2/c1-2-22(3-10(34)20(41-22)32-8-30-13-16(24)26-6-28-18(13)32)5-39-44(37,46)42-15-12(23)11(4-38-43(35,36)45)40-21(15)33-9-31-14-17(25)27-7-29-19(14)33/h6-12,15,20-21,34H,2-5H2,1H3,(H,37,46)(H2,24,26,28)(H2,25,27,29)(H2,35,36,45)/t10-,11-,12+,15-,20-,21-,22+,44-/m1/s1. The average molecular weight is 723 g/mol. The van der Waals surface area contributed by atoms with Gasteiger partial charge in [0, 0.05) is 6.42 Å². The van der Waals surface area contributed by atoms with Crippen LogP contribution in [0.25, 0.3) is 22.3 Å². The summed E-state index contributed by atoms with van der Waals surface area (Å²) in [6.07, 6.45) is -3.22. The molecule has 2 aliphatic rings.